The van der Waals surface area contributed by atoms with Crippen molar-refractivity contribution in [1.82, 2.24) is 0 Å². The highest BCUT2D eigenvalue weighted by Crippen LogP contribution is 2.28. The maximum absolute atomic E-state index is 13.7. The summed E-state index contributed by atoms with van der Waals surface area (Å²) in [4.78, 5) is 10.8. The third kappa shape index (κ3) is 2.12. The molecule has 92 valence electrons. The summed E-state index contributed by atoms with van der Waals surface area (Å²) in [5.41, 5.74) is 3.15. The van der Waals surface area contributed by atoms with Gasteiger partial charge in [0.15, 0.2) is 0 Å². The number of hydrogen-bond acceptors (Lipinski definition) is 1. The minimum atomic E-state index is -1.24. The number of hydrogen-bond donors (Lipinski definition) is 1. The summed E-state index contributed by atoms with van der Waals surface area (Å²) in [5.74, 6) is -1.95. The molecule has 0 fully saturated rings. The second kappa shape index (κ2) is 4.61. The van der Waals surface area contributed by atoms with Crippen molar-refractivity contribution in [2.45, 2.75) is 13.8 Å². The Morgan fingerprint density at radius 1 is 1.06 bits per heavy atom. The number of carboxylic acids is 1. The minimum absolute atomic E-state index is 0.287. The molecule has 0 saturated carbocycles. The largest absolute Gasteiger partial charge is 0.478 e. The molecular weight excluding hydrogens is 231 g/mol. The van der Waals surface area contributed by atoms with E-state index >= 15 is 0 Å². The van der Waals surface area contributed by atoms with Crippen LogP contribution in [-0.2, 0) is 0 Å². The molecule has 2 aromatic carbocycles. The van der Waals surface area contributed by atoms with Crippen LogP contribution in [0.25, 0.3) is 11.1 Å². The molecule has 2 rings (SSSR count). The maximum Gasteiger partial charge on any atom is 0.338 e. The first-order valence-electron chi connectivity index (χ1n) is 5.60. The number of rotatable bonds is 2. The first kappa shape index (κ1) is 12.3. The van der Waals surface area contributed by atoms with Gasteiger partial charge in [0.05, 0.1) is 5.56 Å². The molecule has 0 bridgehead atoms. The third-order valence-electron chi connectivity index (χ3n) is 2.98. The van der Waals surface area contributed by atoms with Crippen LogP contribution in [0.4, 0.5) is 4.39 Å². The van der Waals surface area contributed by atoms with Gasteiger partial charge in [-0.1, -0.05) is 24.3 Å². The Kier molecular flexibility index (Phi) is 3.15. The lowest BCUT2D eigenvalue weighted by Crippen LogP contribution is -2.02. The van der Waals surface area contributed by atoms with Gasteiger partial charge in [0.1, 0.15) is 5.82 Å². The first-order valence-corrected chi connectivity index (χ1v) is 5.60. The van der Waals surface area contributed by atoms with Gasteiger partial charge in [-0.05, 0) is 48.2 Å². The van der Waals surface area contributed by atoms with Gasteiger partial charge in [0.2, 0.25) is 0 Å². The summed E-state index contributed by atoms with van der Waals surface area (Å²) in [6.45, 7) is 3.73. The number of benzene rings is 2. The van der Waals surface area contributed by atoms with Gasteiger partial charge in [0.25, 0.3) is 0 Å². The van der Waals surface area contributed by atoms with Gasteiger partial charge in [-0.15, -0.1) is 0 Å². The van der Waals surface area contributed by atoms with Gasteiger partial charge in [-0.2, -0.15) is 0 Å². The standard InChI is InChI=1S/C15H13FO2/c1-9-5-3-4-6-11(9)12-8-14(16)13(15(17)18)7-10(12)2/h3-8H,1-2H3,(H,17,18). The highest BCUT2D eigenvalue weighted by atomic mass is 19.1. The molecule has 0 aliphatic rings. The topological polar surface area (TPSA) is 37.3 Å². The second-order valence-corrected chi connectivity index (χ2v) is 4.27. The summed E-state index contributed by atoms with van der Waals surface area (Å²) in [6.07, 6.45) is 0. The second-order valence-electron chi connectivity index (χ2n) is 4.27. The number of carboxylic acid groups (broad SMARTS) is 1. The lowest BCUT2D eigenvalue weighted by molar-refractivity contribution is 0.0692. The predicted octanol–water partition coefficient (Wildman–Crippen LogP) is 3.81. The average molecular weight is 244 g/mol. The Labute approximate surface area is 105 Å². The van der Waals surface area contributed by atoms with E-state index in [1.165, 1.54) is 12.1 Å². The summed E-state index contributed by atoms with van der Waals surface area (Å²) in [6, 6.07) is 10.3. The highest BCUT2D eigenvalue weighted by Gasteiger charge is 2.14. The van der Waals surface area contributed by atoms with Crippen molar-refractivity contribution in [2.75, 3.05) is 0 Å². The van der Waals surface area contributed by atoms with Crippen molar-refractivity contribution >= 4 is 5.97 Å². The molecule has 0 spiro atoms. The van der Waals surface area contributed by atoms with Crippen LogP contribution in [0.15, 0.2) is 36.4 Å². The molecule has 3 heteroatoms. The first-order chi connectivity index (χ1) is 8.50. The molecule has 1 N–H and O–H groups in total. The zero-order chi connectivity index (χ0) is 13.3. The summed E-state index contributed by atoms with van der Waals surface area (Å²) in [7, 11) is 0. The number of aromatic carboxylic acids is 1. The lowest BCUT2D eigenvalue weighted by atomic mass is 9.95. The molecule has 0 radical (unpaired) electrons. The smallest absolute Gasteiger partial charge is 0.338 e. The number of halogens is 1. The van der Waals surface area contributed by atoms with Crippen LogP contribution in [0, 0.1) is 19.7 Å². The molecule has 0 unspecified atom stereocenters. The zero-order valence-electron chi connectivity index (χ0n) is 10.2. The third-order valence-corrected chi connectivity index (χ3v) is 2.98. The zero-order valence-corrected chi connectivity index (χ0v) is 10.2. The van der Waals surface area contributed by atoms with Crippen molar-refractivity contribution in [3.63, 3.8) is 0 Å². The Morgan fingerprint density at radius 2 is 1.72 bits per heavy atom. The Bertz CT molecular complexity index is 618. The summed E-state index contributed by atoms with van der Waals surface area (Å²) < 4.78 is 13.7. The SMILES string of the molecule is Cc1ccccc1-c1cc(F)c(C(=O)O)cc1C. The van der Waals surface area contributed by atoms with Crippen molar-refractivity contribution in [1.29, 1.82) is 0 Å². The molecule has 0 aromatic heterocycles. The van der Waals surface area contributed by atoms with E-state index in [1.807, 2.05) is 31.2 Å². The highest BCUT2D eigenvalue weighted by molar-refractivity contribution is 5.89. The van der Waals surface area contributed by atoms with Crippen LogP contribution in [0.2, 0.25) is 0 Å². The predicted molar refractivity (Wildman–Crippen MR) is 68.3 cm³/mol. The molecular formula is C15H13FO2. The van der Waals surface area contributed by atoms with Crippen LogP contribution in [0.3, 0.4) is 0 Å². The monoisotopic (exact) mass is 244 g/mol. The summed E-state index contributed by atoms with van der Waals surface area (Å²) in [5, 5.41) is 8.87. The molecule has 0 heterocycles. The van der Waals surface area contributed by atoms with Crippen molar-refractivity contribution in [3.05, 3.63) is 58.9 Å². The van der Waals surface area contributed by atoms with Gasteiger partial charge >= 0.3 is 5.97 Å². The molecule has 2 nitrogen and oxygen atoms in total. The van der Waals surface area contributed by atoms with E-state index in [2.05, 4.69) is 0 Å². The van der Waals surface area contributed by atoms with Crippen molar-refractivity contribution in [3.8, 4) is 11.1 Å². The number of carbonyl (C=O) groups is 1. The molecule has 0 atom stereocenters. The fraction of sp³-hybridized carbons (Fsp3) is 0.133. The van der Waals surface area contributed by atoms with E-state index in [0.29, 0.717) is 0 Å². The van der Waals surface area contributed by atoms with Gasteiger partial charge in [-0.25, -0.2) is 9.18 Å². The van der Waals surface area contributed by atoms with E-state index in [-0.39, 0.29) is 5.56 Å². The van der Waals surface area contributed by atoms with E-state index < -0.39 is 11.8 Å². The van der Waals surface area contributed by atoms with E-state index in [1.54, 1.807) is 6.92 Å². The average Bonchev–Trinajstić information content (AvgIpc) is 2.32. The molecule has 0 aliphatic carbocycles. The summed E-state index contributed by atoms with van der Waals surface area (Å²) >= 11 is 0. The van der Waals surface area contributed by atoms with Crippen molar-refractivity contribution < 1.29 is 14.3 Å². The quantitative estimate of drug-likeness (QED) is 0.872. The Hall–Kier alpha value is -2.16. The number of aryl methyl sites for hydroxylation is 2. The molecule has 0 amide bonds. The molecule has 0 saturated heterocycles. The van der Waals surface area contributed by atoms with Crippen molar-refractivity contribution in [2.24, 2.45) is 0 Å². The van der Waals surface area contributed by atoms with E-state index in [9.17, 15) is 9.18 Å². The van der Waals surface area contributed by atoms with Crippen LogP contribution >= 0.6 is 0 Å². The van der Waals surface area contributed by atoms with Crippen LogP contribution in [-0.4, -0.2) is 11.1 Å². The van der Waals surface area contributed by atoms with Crippen LogP contribution in [0.1, 0.15) is 21.5 Å². The van der Waals surface area contributed by atoms with Gasteiger partial charge in [0, 0.05) is 0 Å². The maximum atomic E-state index is 13.7. The van der Waals surface area contributed by atoms with E-state index in [0.717, 1.165) is 22.3 Å². The Morgan fingerprint density at radius 3 is 2.33 bits per heavy atom. The van der Waals surface area contributed by atoms with Crippen LogP contribution < -0.4 is 0 Å². The van der Waals surface area contributed by atoms with Gasteiger partial charge in [-0.3, -0.25) is 0 Å². The Balaban J connectivity index is 2.64. The fourth-order valence-corrected chi connectivity index (χ4v) is 2.01. The fourth-order valence-electron chi connectivity index (χ4n) is 2.01. The lowest BCUT2D eigenvalue weighted by Gasteiger charge is -2.10. The normalized spacial score (nSPS) is 10.4. The molecule has 18 heavy (non-hydrogen) atoms. The van der Waals surface area contributed by atoms with Crippen LogP contribution in [0.5, 0.6) is 0 Å². The minimum Gasteiger partial charge on any atom is -0.478 e. The molecule has 0 aliphatic heterocycles. The molecule has 2 aromatic rings. The van der Waals surface area contributed by atoms with E-state index in [4.69, 9.17) is 5.11 Å². The van der Waals surface area contributed by atoms with Gasteiger partial charge < -0.3 is 5.11 Å².